The molecular formula is C25H25ClN6O5S2. The van der Waals surface area contributed by atoms with E-state index in [1.54, 1.807) is 18.2 Å². The van der Waals surface area contributed by atoms with Gasteiger partial charge in [-0.3, -0.25) is 4.79 Å². The Morgan fingerprint density at radius 1 is 1.00 bits per heavy atom. The summed E-state index contributed by atoms with van der Waals surface area (Å²) < 4.78 is 27.7. The molecule has 1 fully saturated rings. The fourth-order valence-electron chi connectivity index (χ4n) is 4.39. The second-order valence-corrected chi connectivity index (χ2v) is 12.6. The van der Waals surface area contributed by atoms with E-state index in [9.17, 15) is 22.8 Å². The number of hydrogen-bond donors (Lipinski definition) is 4. The summed E-state index contributed by atoms with van der Waals surface area (Å²) in [5.74, 6) is 0. The van der Waals surface area contributed by atoms with Crippen LogP contribution < -0.4 is 26.6 Å². The number of nitrogens with one attached hydrogen (secondary N) is 4. The molecule has 2 aromatic carbocycles. The molecule has 14 heteroatoms. The molecule has 2 amide bonds. The fraction of sp³-hybridized carbons (Fsp3) is 0.240. The van der Waals surface area contributed by atoms with Gasteiger partial charge >= 0.3 is 11.7 Å². The van der Waals surface area contributed by atoms with Gasteiger partial charge in [-0.15, -0.1) is 11.3 Å². The van der Waals surface area contributed by atoms with Crippen molar-refractivity contribution in [1.82, 2.24) is 19.2 Å². The third-order valence-electron chi connectivity index (χ3n) is 6.28. The zero-order chi connectivity index (χ0) is 27.6. The van der Waals surface area contributed by atoms with Crippen LogP contribution in [0.1, 0.15) is 12.8 Å². The Hall–Kier alpha value is -3.65. The minimum Gasteiger partial charge on any atom is -0.384 e. The molecule has 1 aliphatic heterocycles. The van der Waals surface area contributed by atoms with E-state index in [1.165, 1.54) is 49.2 Å². The van der Waals surface area contributed by atoms with Crippen molar-refractivity contribution in [2.45, 2.75) is 17.1 Å². The lowest BCUT2D eigenvalue weighted by Crippen LogP contribution is -2.34. The number of rotatable bonds is 8. The largest absolute Gasteiger partial charge is 0.384 e. The number of halogens is 1. The average molecular weight is 589 g/mol. The molecule has 1 saturated heterocycles. The molecule has 0 aliphatic carbocycles. The topological polar surface area (TPSA) is 145 Å². The molecule has 4 N–H and O–H groups in total. The quantitative estimate of drug-likeness (QED) is 0.247. The number of aromatic amines is 1. The van der Waals surface area contributed by atoms with E-state index in [2.05, 4.69) is 20.5 Å². The van der Waals surface area contributed by atoms with E-state index in [0.717, 1.165) is 47.8 Å². The van der Waals surface area contributed by atoms with Gasteiger partial charge in [0.1, 0.15) is 4.21 Å². The highest BCUT2D eigenvalue weighted by atomic mass is 35.5. The highest BCUT2D eigenvalue weighted by molar-refractivity contribution is 7.92. The number of amides is 2. The van der Waals surface area contributed by atoms with Crippen LogP contribution in [0.3, 0.4) is 0 Å². The van der Waals surface area contributed by atoms with E-state index in [4.69, 9.17) is 11.6 Å². The molecule has 1 aliphatic rings. The smallest absolute Gasteiger partial charge is 0.333 e. The van der Waals surface area contributed by atoms with Gasteiger partial charge in [0, 0.05) is 24.5 Å². The molecule has 204 valence electrons. The Kier molecular flexibility index (Phi) is 7.75. The van der Waals surface area contributed by atoms with Crippen LogP contribution in [0.4, 0.5) is 16.2 Å². The molecule has 0 spiro atoms. The van der Waals surface area contributed by atoms with Crippen LogP contribution >= 0.6 is 22.9 Å². The summed E-state index contributed by atoms with van der Waals surface area (Å²) in [6.45, 7) is 3.93. The highest BCUT2D eigenvalue weighted by Gasteiger charge is 2.20. The number of thiophene rings is 1. The molecule has 0 radical (unpaired) electrons. The monoisotopic (exact) mass is 588 g/mol. The first-order valence-electron chi connectivity index (χ1n) is 12.1. The van der Waals surface area contributed by atoms with Gasteiger partial charge in [0.2, 0.25) is 0 Å². The minimum atomic E-state index is -4.08. The summed E-state index contributed by atoms with van der Waals surface area (Å²) in [7, 11) is -4.08. The number of anilines is 2. The number of sulfonamides is 1. The van der Waals surface area contributed by atoms with Gasteiger partial charge in [0.15, 0.2) is 0 Å². The van der Waals surface area contributed by atoms with Gasteiger partial charge < -0.3 is 20.5 Å². The number of urea groups is 1. The molecule has 3 heterocycles. The Labute approximate surface area is 232 Å². The molecule has 39 heavy (non-hydrogen) atoms. The van der Waals surface area contributed by atoms with Crippen LogP contribution in [0, 0.1) is 0 Å². The third kappa shape index (κ3) is 6.17. The lowest BCUT2D eigenvalue weighted by molar-refractivity contribution is 0.256. The molecule has 4 aromatic rings. The first kappa shape index (κ1) is 26.9. The lowest BCUT2D eigenvalue weighted by Gasteiger charge is -2.15. The zero-order valence-corrected chi connectivity index (χ0v) is 23.0. The van der Waals surface area contributed by atoms with Gasteiger partial charge in [-0.1, -0.05) is 11.6 Å². The second-order valence-electron chi connectivity index (χ2n) is 8.97. The Balaban J connectivity index is 1.28. The molecule has 0 unspecified atom stereocenters. The molecule has 11 nitrogen and oxygen atoms in total. The number of hydrogen-bond acceptors (Lipinski definition) is 8. The zero-order valence-electron chi connectivity index (χ0n) is 20.6. The number of aromatic nitrogens is 2. The van der Waals surface area contributed by atoms with Gasteiger partial charge in [-0.2, -0.15) is 0 Å². The number of carbonyl (C=O) groups is 1. The van der Waals surface area contributed by atoms with Crippen molar-refractivity contribution in [2.24, 2.45) is 0 Å². The van der Waals surface area contributed by atoms with Crippen LogP contribution in [0.5, 0.6) is 0 Å². The molecule has 5 rings (SSSR count). The molecular weight excluding hydrogens is 564 g/mol. The Bertz CT molecular complexity index is 1740. The second kappa shape index (κ2) is 11.2. The van der Waals surface area contributed by atoms with Gasteiger partial charge in [-0.25, -0.2) is 27.3 Å². The van der Waals surface area contributed by atoms with Crippen LogP contribution in [-0.2, 0) is 10.0 Å². The maximum atomic E-state index is 13.2. The van der Waals surface area contributed by atoms with Gasteiger partial charge in [0.25, 0.3) is 15.6 Å². The highest BCUT2D eigenvalue weighted by Crippen LogP contribution is 2.25. The fourth-order valence-corrected chi connectivity index (χ4v) is 6.78. The van der Waals surface area contributed by atoms with E-state index in [-0.39, 0.29) is 19.9 Å². The van der Waals surface area contributed by atoms with Gasteiger partial charge in [0.05, 0.1) is 20.9 Å². The maximum Gasteiger partial charge on any atom is 0.333 e. The first-order valence-corrected chi connectivity index (χ1v) is 14.8. The van der Waals surface area contributed by atoms with E-state index in [0.29, 0.717) is 10.9 Å². The Morgan fingerprint density at radius 3 is 2.41 bits per heavy atom. The summed E-state index contributed by atoms with van der Waals surface area (Å²) in [4.78, 5) is 43.4. The number of nitrogens with zero attached hydrogens (tertiary/aromatic N) is 2. The first-order chi connectivity index (χ1) is 18.7. The average Bonchev–Trinajstić information content (AvgIpc) is 3.57. The number of fused-ring (bicyclic) bond motifs is 1. The van der Waals surface area contributed by atoms with E-state index < -0.39 is 27.3 Å². The summed E-state index contributed by atoms with van der Waals surface area (Å²) in [6.07, 6.45) is 2.46. The standard InChI is InChI=1S/C25H25ClN6O5S2/c26-21-9-10-22(38-21)39(36,37)30-24(34)28-16-3-6-18(7-4-16)32-23(33)19-8-5-17(15-20(19)29-25(32)35)27-11-14-31-12-1-2-13-31/h3-10,15,27H,1-2,11-14H2,(H,29,35)(H2,28,30,34). The summed E-state index contributed by atoms with van der Waals surface area (Å²) in [5, 5.41) is 6.10. The van der Waals surface area contributed by atoms with Crippen molar-refractivity contribution in [3.63, 3.8) is 0 Å². The SMILES string of the molecule is O=C(Nc1ccc(-n2c(=O)[nH]c3cc(NCCN4CCCC4)ccc3c2=O)cc1)NS(=O)(=O)c1ccc(Cl)s1. The maximum absolute atomic E-state index is 13.2. The minimum absolute atomic E-state index is 0.0992. The van der Waals surface area contributed by atoms with E-state index in [1.807, 2.05) is 4.72 Å². The number of H-pyrrole nitrogens is 1. The van der Waals surface area contributed by atoms with E-state index >= 15 is 0 Å². The Morgan fingerprint density at radius 2 is 1.72 bits per heavy atom. The predicted molar refractivity (Wildman–Crippen MR) is 153 cm³/mol. The van der Waals surface area contributed by atoms with Crippen molar-refractivity contribution < 1.29 is 13.2 Å². The molecule has 0 atom stereocenters. The third-order valence-corrected chi connectivity index (χ3v) is 9.33. The van der Waals surface area contributed by atoms with Crippen molar-refractivity contribution in [3.05, 3.63) is 79.8 Å². The number of likely N-dealkylation sites (tertiary alicyclic amines) is 1. The normalized spacial score (nSPS) is 14.0. The lowest BCUT2D eigenvalue weighted by atomic mass is 10.2. The van der Waals surface area contributed by atoms with Crippen LogP contribution in [0.15, 0.2) is 68.4 Å². The van der Waals surface area contributed by atoms with Crippen molar-refractivity contribution in [3.8, 4) is 5.69 Å². The van der Waals surface area contributed by atoms with Crippen LogP contribution in [0.25, 0.3) is 16.6 Å². The number of carbonyl (C=O) groups excluding carboxylic acids is 1. The summed E-state index contributed by atoms with van der Waals surface area (Å²) >= 11 is 6.59. The van der Waals surface area contributed by atoms with Crippen LogP contribution in [-0.4, -0.2) is 55.1 Å². The molecule has 0 saturated carbocycles. The number of benzene rings is 2. The molecule has 0 bridgehead atoms. The van der Waals surface area contributed by atoms with Crippen molar-refractivity contribution in [1.29, 1.82) is 0 Å². The van der Waals surface area contributed by atoms with Gasteiger partial charge in [-0.05, 0) is 80.5 Å². The summed E-state index contributed by atoms with van der Waals surface area (Å²) in [6, 6.07) is 12.8. The molecule has 2 aromatic heterocycles. The van der Waals surface area contributed by atoms with Crippen molar-refractivity contribution in [2.75, 3.05) is 36.8 Å². The van der Waals surface area contributed by atoms with Crippen LogP contribution in [0.2, 0.25) is 4.34 Å². The predicted octanol–water partition coefficient (Wildman–Crippen LogP) is 3.41. The summed E-state index contributed by atoms with van der Waals surface area (Å²) in [5.41, 5.74) is 0.675. The van der Waals surface area contributed by atoms with Crippen molar-refractivity contribution >= 4 is 61.3 Å².